The molecule has 3 rings (SSSR count). The molecule has 0 aliphatic heterocycles. The van der Waals surface area contributed by atoms with Crippen LogP contribution in [-0.4, -0.2) is 18.2 Å². The third kappa shape index (κ3) is 4.80. The molecule has 0 aliphatic rings. The van der Waals surface area contributed by atoms with Gasteiger partial charge in [0.2, 0.25) is 10.0 Å². The van der Waals surface area contributed by atoms with Crippen LogP contribution in [0.1, 0.15) is 22.4 Å². The Bertz CT molecular complexity index is 1050. The molecule has 3 aromatic rings. The van der Waals surface area contributed by atoms with E-state index in [0.717, 1.165) is 16.7 Å². The Kier molecular flexibility index (Phi) is 6.51. The highest BCUT2D eigenvalue weighted by Crippen LogP contribution is 2.24. The highest BCUT2D eigenvalue weighted by atomic mass is 35.5. The molecule has 0 atom stereocenters. The zero-order valence-electron chi connectivity index (χ0n) is 15.7. The molecule has 28 heavy (non-hydrogen) atoms. The van der Waals surface area contributed by atoms with Gasteiger partial charge in [-0.2, -0.15) is 5.10 Å². The molecular weight excluding hydrogens is 398 g/mol. The number of hydrogen-bond acceptors (Lipinski definition) is 4. The maximum absolute atomic E-state index is 12.7. The van der Waals surface area contributed by atoms with Crippen LogP contribution in [0.5, 0.6) is 0 Å². The molecule has 1 heterocycles. The van der Waals surface area contributed by atoms with Crippen LogP contribution in [0.4, 0.5) is 0 Å². The van der Waals surface area contributed by atoms with Gasteiger partial charge in [-0.3, -0.25) is 4.68 Å². The van der Waals surface area contributed by atoms with Crippen molar-refractivity contribution in [1.82, 2.24) is 14.5 Å². The smallest absolute Gasteiger partial charge is 0.245 e. The van der Waals surface area contributed by atoms with Gasteiger partial charge in [0.1, 0.15) is 10.0 Å². The van der Waals surface area contributed by atoms with Crippen molar-refractivity contribution in [3.8, 4) is 0 Å². The van der Waals surface area contributed by atoms with Crippen LogP contribution in [0.3, 0.4) is 0 Å². The molecule has 148 valence electrons. The van der Waals surface area contributed by atoms with Crippen molar-refractivity contribution in [3.05, 3.63) is 82.1 Å². The lowest BCUT2D eigenvalue weighted by atomic mass is 10.1. The summed E-state index contributed by atoms with van der Waals surface area (Å²) in [5.41, 5.74) is 3.22. The quantitative estimate of drug-likeness (QED) is 0.605. The van der Waals surface area contributed by atoms with Crippen LogP contribution in [0.2, 0.25) is 5.15 Å². The van der Waals surface area contributed by atoms with Gasteiger partial charge in [-0.25, -0.2) is 13.1 Å². The number of benzene rings is 2. The molecule has 0 spiro atoms. The van der Waals surface area contributed by atoms with Gasteiger partial charge in [-0.05, 0) is 23.6 Å². The summed E-state index contributed by atoms with van der Waals surface area (Å²) in [7, 11) is -2.18. The molecule has 0 saturated heterocycles. The summed E-state index contributed by atoms with van der Waals surface area (Å²) in [6.45, 7) is 2.63. The molecule has 0 amide bonds. The number of halogens is 1. The van der Waals surface area contributed by atoms with Gasteiger partial charge >= 0.3 is 0 Å². The van der Waals surface area contributed by atoms with E-state index in [1.165, 1.54) is 4.68 Å². The first-order valence-electron chi connectivity index (χ1n) is 8.75. The summed E-state index contributed by atoms with van der Waals surface area (Å²) in [4.78, 5) is 0.00877. The van der Waals surface area contributed by atoms with E-state index in [2.05, 4.69) is 9.82 Å². The molecule has 8 heteroatoms. The molecule has 0 saturated carbocycles. The zero-order valence-corrected chi connectivity index (χ0v) is 17.3. The van der Waals surface area contributed by atoms with Crippen LogP contribution < -0.4 is 4.72 Å². The lowest BCUT2D eigenvalue weighted by Crippen LogP contribution is -2.24. The first kappa shape index (κ1) is 20.5. The van der Waals surface area contributed by atoms with Gasteiger partial charge in [0, 0.05) is 13.6 Å². The largest absolute Gasteiger partial charge is 0.372 e. The van der Waals surface area contributed by atoms with Crippen molar-refractivity contribution in [2.45, 2.75) is 31.6 Å². The Morgan fingerprint density at radius 3 is 2.32 bits per heavy atom. The van der Waals surface area contributed by atoms with Crippen LogP contribution >= 0.6 is 11.6 Å². The predicted octanol–water partition coefficient (Wildman–Crippen LogP) is 3.58. The normalized spacial score (nSPS) is 11.7. The fourth-order valence-electron chi connectivity index (χ4n) is 2.88. The number of aromatic nitrogens is 2. The van der Waals surface area contributed by atoms with E-state index in [9.17, 15) is 8.42 Å². The highest BCUT2D eigenvalue weighted by Gasteiger charge is 2.25. The second kappa shape index (κ2) is 8.87. The van der Waals surface area contributed by atoms with Crippen molar-refractivity contribution in [3.63, 3.8) is 0 Å². The number of rotatable bonds is 8. The predicted molar refractivity (Wildman–Crippen MR) is 108 cm³/mol. The third-order valence-corrected chi connectivity index (χ3v) is 6.41. The number of nitrogens with one attached hydrogen (secondary N) is 1. The summed E-state index contributed by atoms with van der Waals surface area (Å²) in [6, 6.07) is 17.5. The Morgan fingerprint density at radius 1 is 1.04 bits per heavy atom. The van der Waals surface area contributed by atoms with Crippen LogP contribution in [0, 0.1) is 6.92 Å². The topological polar surface area (TPSA) is 73.2 Å². The van der Waals surface area contributed by atoms with Crippen molar-refractivity contribution >= 4 is 21.6 Å². The second-order valence-corrected chi connectivity index (χ2v) is 8.46. The number of aryl methyl sites for hydroxylation is 2. The maximum Gasteiger partial charge on any atom is 0.245 e. The van der Waals surface area contributed by atoms with Crippen LogP contribution in [-0.2, 0) is 41.6 Å². The Balaban J connectivity index is 1.68. The molecule has 0 radical (unpaired) electrons. The van der Waals surface area contributed by atoms with Gasteiger partial charge in [-0.15, -0.1) is 0 Å². The Morgan fingerprint density at radius 2 is 1.68 bits per heavy atom. The van der Waals surface area contributed by atoms with Gasteiger partial charge in [-0.1, -0.05) is 66.2 Å². The van der Waals surface area contributed by atoms with Gasteiger partial charge in [0.05, 0.1) is 18.9 Å². The van der Waals surface area contributed by atoms with Crippen molar-refractivity contribution in [1.29, 1.82) is 0 Å². The van der Waals surface area contributed by atoms with Crippen molar-refractivity contribution in [2.75, 3.05) is 0 Å². The lowest BCUT2D eigenvalue weighted by Gasteiger charge is -2.12. The molecule has 0 fully saturated rings. The van der Waals surface area contributed by atoms with E-state index in [1.54, 1.807) is 14.0 Å². The standard InChI is InChI=1S/C20H22ClN3O3S/c1-15-19(20(21)24(2)23-15)28(25,26)22-12-17-10-6-7-11-18(17)14-27-13-16-8-4-3-5-9-16/h3-11,22H,12-14H2,1-2H3. The van der Waals surface area contributed by atoms with Crippen LogP contribution in [0.25, 0.3) is 0 Å². The maximum atomic E-state index is 12.7. The minimum atomic E-state index is -3.79. The zero-order chi connectivity index (χ0) is 20.1. The average Bonchev–Trinajstić information content (AvgIpc) is 2.94. The molecule has 0 bridgehead atoms. The third-order valence-electron chi connectivity index (χ3n) is 4.31. The molecule has 0 unspecified atom stereocenters. The summed E-state index contributed by atoms with van der Waals surface area (Å²) in [5, 5.41) is 4.15. The minimum Gasteiger partial charge on any atom is -0.372 e. The van der Waals surface area contributed by atoms with Crippen molar-refractivity contribution in [2.24, 2.45) is 7.05 Å². The Hall–Kier alpha value is -2.19. The van der Waals surface area contributed by atoms with Gasteiger partial charge < -0.3 is 4.74 Å². The van der Waals surface area contributed by atoms with E-state index in [1.807, 2.05) is 54.6 Å². The first-order chi connectivity index (χ1) is 13.4. The Labute approximate surface area is 170 Å². The highest BCUT2D eigenvalue weighted by molar-refractivity contribution is 7.89. The fourth-order valence-corrected chi connectivity index (χ4v) is 4.64. The number of ether oxygens (including phenoxy) is 1. The first-order valence-corrected chi connectivity index (χ1v) is 10.6. The molecule has 2 aromatic carbocycles. The number of hydrogen-bond donors (Lipinski definition) is 1. The fraction of sp³-hybridized carbons (Fsp3) is 0.250. The lowest BCUT2D eigenvalue weighted by molar-refractivity contribution is 0.106. The van der Waals surface area contributed by atoms with E-state index < -0.39 is 10.0 Å². The summed E-state index contributed by atoms with van der Waals surface area (Å²) in [5.74, 6) is 0. The summed E-state index contributed by atoms with van der Waals surface area (Å²) in [6.07, 6.45) is 0. The molecule has 1 N–H and O–H groups in total. The number of nitrogens with zero attached hydrogens (tertiary/aromatic N) is 2. The minimum absolute atomic E-state index is 0.00877. The number of sulfonamides is 1. The average molecular weight is 420 g/mol. The van der Waals surface area contributed by atoms with E-state index >= 15 is 0 Å². The van der Waals surface area contributed by atoms with Gasteiger partial charge in [0.15, 0.2) is 0 Å². The molecule has 1 aromatic heterocycles. The van der Waals surface area contributed by atoms with E-state index in [0.29, 0.717) is 18.9 Å². The van der Waals surface area contributed by atoms with E-state index in [-0.39, 0.29) is 16.6 Å². The molecular formula is C20H22ClN3O3S. The summed E-state index contributed by atoms with van der Waals surface area (Å²) >= 11 is 6.10. The van der Waals surface area contributed by atoms with Crippen molar-refractivity contribution < 1.29 is 13.2 Å². The summed E-state index contributed by atoms with van der Waals surface area (Å²) < 4.78 is 35.1. The van der Waals surface area contributed by atoms with E-state index in [4.69, 9.17) is 16.3 Å². The SMILES string of the molecule is Cc1nn(C)c(Cl)c1S(=O)(=O)NCc1ccccc1COCc1ccccc1. The molecule has 0 aliphatic carbocycles. The second-order valence-electron chi connectivity index (χ2n) is 6.40. The van der Waals surface area contributed by atoms with Crippen LogP contribution in [0.15, 0.2) is 59.5 Å². The van der Waals surface area contributed by atoms with Gasteiger partial charge in [0.25, 0.3) is 0 Å². The molecule has 6 nitrogen and oxygen atoms in total. The monoisotopic (exact) mass is 419 g/mol.